The molecule has 0 spiro atoms. The third-order valence-corrected chi connectivity index (χ3v) is 3.95. The highest BCUT2D eigenvalue weighted by Gasteiger charge is 2.16. The monoisotopic (exact) mass is 284 g/mol. The Bertz CT molecular complexity index is 731. The third-order valence-electron chi connectivity index (χ3n) is 3.71. The molecule has 0 saturated carbocycles. The molecule has 0 bridgehead atoms. The van der Waals surface area contributed by atoms with Gasteiger partial charge in [-0.1, -0.05) is 36.4 Å². The SMILES string of the molecule is Cc1ccc2nc(CCl)n(C(C)c3ccccc3)c2c1. The first-order chi connectivity index (χ1) is 9.70. The minimum atomic E-state index is 0.219. The number of hydrogen-bond acceptors (Lipinski definition) is 1. The van der Waals surface area contributed by atoms with Gasteiger partial charge in [-0.2, -0.15) is 0 Å². The number of aromatic nitrogens is 2. The number of alkyl halides is 1. The van der Waals surface area contributed by atoms with Crippen molar-refractivity contribution in [3.8, 4) is 0 Å². The number of imidazole rings is 1. The first-order valence-corrected chi connectivity index (χ1v) is 7.32. The lowest BCUT2D eigenvalue weighted by Gasteiger charge is -2.17. The van der Waals surface area contributed by atoms with Crippen LogP contribution in [0.25, 0.3) is 11.0 Å². The Morgan fingerprint density at radius 2 is 1.90 bits per heavy atom. The second kappa shape index (κ2) is 5.29. The van der Waals surface area contributed by atoms with Crippen molar-refractivity contribution in [2.45, 2.75) is 25.8 Å². The van der Waals surface area contributed by atoms with Crippen LogP contribution in [0.3, 0.4) is 0 Å². The summed E-state index contributed by atoms with van der Waals surface area (Å²) in [6.07, 6.45) is 0. The number of halogens is 1. The van der Waals surface area contributed by atoms with Gasteiger partial charge in [-0.15, -0.1) is 11.6 Å². The van der Waals surface area contributed by atoms with Crippen LogP contribution in [0.1, 0.15) is 29.9 Å². The summed E-state index contributed by atoms with van der Waals surface area (Å²) in [5.41, 5.74) is 4.66. The van der Waals surface area contributed by atoms with E-state index in [4.69, 9.17) is 11.6 Å². The van der Waals surface area contributed by atoms with E-state index in [1.54, 1.807) is 0 Å². The molecule has 1 atom stereocenters. The molecule has 3 aromatic rings. The summed E-state index contributed by atoms with van der Waals surface area (Å²) in [5.74, 6) is 1.34. The smallest absolute Gasteiger partial charge is 0.125 e. The second-order valence-electron chi connectivity index (χ2n) is 5.11. The van der Waals surface area contributed by atoms with E-state index in [9.17, 15) is 0 Å². The lowest BCUT2D eigenvalue weighted by atomic mass is 10.1. The average molecular weight is 285 g/mol. The van der Waals surface area contributed by atoms with Gasteiger partial charge in [0, 0.05) is 0 Å². The molecule has 0 aliphatic carbocycles. The molecule has 0 saturated heterocycles. The molecule has 0 aliphatic heterocycles. The van der Waals surface area contributed by atoms with Gasteiger partial charge in [0.15, 0.2) is 0 Å². The van der Waals surface area contributed by atoms with Crippen LogP contribution in [-0.4, -0.2) is 9.55 Å². The van der Waals surface area contributed by atoms with Gasteiger partial charge in [-0.05, 0) is 37.1 Å². The van der Waals surface area contributed by atoms with Crippen molar-refractivity contribution in [3.05, 3.63) is 65.5 Å². The molecule has 102 valence electrons. The lowest BCUT2D eigenvalue weighted by Crippen LogP contribution is -2.09. The molecule has 2 nitrogen and oxygen atoms in total. The molecule has 20 heavy (non-hydrogen) atoms. The van der Waals surface area contributed by atoms with Crippen LogP contribution in [0.5, 0.6) is 0 Å². The van der Waals surface area contributed by atoms with Gasteiger partial charge in [-0.3, -0.25) is 0 Å². The zero-order valence-corrected chi connectivity index (χ0v) is 12.4. The number of nitrogens with zero attached hydrogens (tertiary/aromatic N) is 2. The number of aryl methyl sites for hydroxylation is 1. The Labute approximate surface area is 124 Å². The highest BCUT2D eigenvalue weighted by molar-refractivity contribution is 6.16. The van der Waals surface area contributed by atoms with E-state index in [0.29, 0.717) is 5.88 Å². The first-order valence-electron chi connectivity index (χ1n) is 6.79. The largest absolute Gasteiger partial charge is 0.320 e. The minimum absolute atomic E-state index is 0.219. The van der Waals surface area contributed by atoms with E-state index in [0.717, 1.165) is 16.9 Å². The number of rotatable bonds is 3. The topological polar surface area (TPSA) is 17.8 Å². The van der Waals surface area contributed by atoms with Crippen LogP contribution in [0.2, 0.25) is 0 Å². The summed E-state index contributed by atoms with van der Waals surface area (Å²) in [5, 5.41) is 0. The Kier molecular flexibility index (Phi) is 3.49. The number of fused-ring (bicyclic) bond motifs is 1. The van der Waals surface area contributed by atoms with Crippen molar-refractivity contribution in [1.82, 2.24) is 9.55 Å². The van der Waals surface area contributed by atoms with Gasteiger partial charge in [0.1, 0.15) is 5.82 Å². The maximum absolute atomic E-state index is 6.09. The molecule has 1 unspecified atom stereocenters. The summed E-state index contributed by atoms with van der Waals surface area (Å²) in [4.78, 5) is 4.65. The molecule has 1 aromatic heterocycles. The molecule has 0 N–H and O–H groups in total. The van der Waals surface area contributed by atoms with Gasteiger partial charge in [0.25, 0.3) is 0 Å². The molecule has 0 amide bonds. The normalized spacial score (nSPS) is 12.8. The molecule has 3 rings (SSSR count). The zero-order chi connectivity index (χ0) is 14.1. The number of hydrogen-bond donors (Lipinski definition) is 0. The van der Waals surface area contributed by atoms with Crippen LogP contribution < -0.4 is 0 Å². The Hall–Kier alpha value is -1.80. The fourth-order valence-electron chi connectivity index (χ4n) is 2.66. The van der Waals surface area contributed by atoms with Crippen LogP contribution in [0.15, 0.2) is 48.5 Å². The van der Waals surface area contributed by atoms with Crippen molar-refractivity contribution in [3.63, 3.8) is 0 Å². The van der Waals surface area contributed by atoms with E-state index >= 15 is 0 Å². The van der Waals surface area contributed by atoms with Crippen LogP contribution in [0.4, 0.5) is 0 Å². The molecule has 2 aromatic carbocycles. The Morgan fingerprint density at radius 1 is 1.15 bits per heavy atom. The van der Waals surface area contributed by atoms with Gasteiger partial charge in [-0.25, -0.2) is 4.98 Å². The quantitative estimate of drug-likeness (QED) is 0.638. The summed E-state index contributed by atoms with van der Waals surface area (Å²) in [6.45, 7) is 4.29. The van der Waals surface area contributed by atoms with Crippen LogP contribution in [0, 0.1) is 6.92 Å². The molecule has 3 heteroatoms. The van der Waals surface area contributed by atoms with Crippen molar-refractivity contribution in [1.29, 1.82) is 0 Å². The third kappa shape index (κ3) is 2.20. The van der Waals surface area contributed by atoms with Gasteiger partial charge >= 0.3 is 0 Å². The summed E-state index contributed by atoms with van der Waals surface area (Å²) in [7, 11) is 0. The summed E-state index contributed by atoms with van der Waals surface area (Å²) in [6, 6.07) is 17.0. The van der Waals surface area contributed by atoms with E-state index < -0.39 is 0 Å². The first kappa shape index (κ1) is 13.2. The molecule has 0 fully saturated rings. The fraction of sp³-hybridized carbons (Fsp3) is 0.235. The highest BCUT2D eigenvalue weighted by atomic mass is 35.5. The minimum Gasteiger partial charge on any atom is -0.320 e. The molecular formula is C17H17ClN2. The Morgan fingerprint density at radius 3 is 2.60 bits per heavy atom. The predicted octanol–water partition coefficient (Wildman–Crippen LogP) is 4.69. The van der Waals surface area contributed by atoms with Crippen molar-refractivity contribution >= 4 is 22.6 Å². The van der Waals surface area contributed by atoms with Gasteiger partial charge < -0.3 is 4.57 Å². The van der Waals surface area contributed by atoms with Crippen molar-refractivity contribution in [2.75, 3.05) is 0 Å². The van der Waals surface area contributed by atoms with E-state index in [-0.39, 0.29) is 6.04 Å². The highest BCUT2D eigenvalue weighted by Crippen LogP contribution is 2.27. The van der Waals surface area contributed by atoms with E-state index in [1.807, 2.05) is 6.07 Å². The van der Waals surface area contributed by atoms with Crippen LogP contribution in [-0.2, 0) is 5.88 Å². The maximum atomic E-state index is 6.09. The molecule has 0 aliphatic rings. The maximum Gasteiger partial charge on any atom is 0.125 e. The zero-order valence-electron chi connectivity index (χ0n) is 11.7. The standard InChI is InChI=1S/C17H17ClN2/c1-12-8-9-15-16(10-12)20(17(11-18)19-15)13(2)14-6-4-3-5-7-14/h3-10,13H,11H2,1-2H3. The molecule has 0 radical (unpaired) electrons. The predicted molar refractivity (Wildman–Crippen MR) is 84.3 cm³/mol. The number of benzene rings is 2. The van der Waals surface area contributed by atoms with Crippen molar-refractivity contribution < 1.29 is 0 Å². The molecular weight excluding hydrogens is 268 g/mol. The fourth-order valence-corrected chi connectivity index (χ4v) is 2.85. The molecule has 1 heterocycles. The van der Waals surface area contributed by atoms with Gasteiger partial charge in [0.2, 0.25) is 0 Å². The summed E-state index contributed by atoms with van der Waals surface area (Å²) >= 11 is 6.09. The average Bonchev–Trinajstić information content (AvgIpc) is 2.85. The van der Waals surface area contributed by atoms with E-state index in [2.05, 4.69) is 65.9 Å². The lowest BCUT2D eigenvalue weighted by molar-refractivity contribution is 0.634. The Balaban J connectivity index is 2.21. The second-order valence-corrected chi connectivity index (χ2v) is 5.38. The van der Waals surface area contributed by atoms with E-state index in [1.165, 1.54) is 11.1 Å². The van der Waals surface area contributed by atoms with Crippen LogP contribution >= 0.6 is 11.6 Å². The van der Waals surface area contributed by atoms with Gasteiger partial charge in [0.05, 0.1) is 23.0 Å². The van der Waals surface area contributed by atoms with Crippen molar-refractivity contribution in [2.24, 2.45) is 0 Å². The summed E-state index contributed by atoms with van der Waals surface area (Å²) < 4.78 is 2.24.